The van der Waals surface area contributed by atoms with Crippen LogP contribution in [-0.2, 0) is 9.47 Å². The molecule has 0 unspecified atom stereocenters. The fourth-order valence-electron chi connectivity index (χ4n) is 2.09. The zero-order chi connectivity index (χ0) is 12.3. The Hall–Kier alpha value is -1.64. The Morgan fingerprint density at radius 2 is 1.76 bits per heavy atom. The second-order valence-electron chi connectivity index (χ2n) is 3.80. The van der Waals surface area contributed by atoms with Gasteiger partial charge in [-0.05, 0) is 16.3 Å². The molecule has 2 nitrogen and oxygen atoms in total. The van der Waals surface area contributed by atoms with E-state index in [1.54, 1.807) is 14.2 Å². The molecule has 17 heavy (non-hydrogen) atoms. The average Bonchev–Trinajstić information content (AvgIpc) is 2.40. The molecule has 0 radical (unpaired) electrons. The third-order valence-corrected chi connectivity index (χ3v) is 2.89. The number of benzene rings is 2. The molecule has 0 saturated heterocycles. The van der Waals surface area contributed by atoms with Crippen molar-refractivity contribution in [3.8, 4) is 0 Å². The predicted octanol–water partition coefficient (Wildman–Crippen LogP) is 3.77. The maximum absolute atomic E-state index is 5.37. The summed E-state index contributed by atoms with van der Waals surface area (Å²) in [5.41, 5.74) is 2.07. The summed E-state index contributed by atoms with van der Waals surface area (Å²) in [5, 5.41) is 2.31. The van der Waals surface area contributed by atoms with E-state index in [0.717, 1.165) is 16.5 Å². The van der Waals surface area contributed by atoms with Gasteiger partial charge in [0.2, 0.25) is 0 Å². The lowest BCUT2D eigenvalue weighted by molar-refractivity contribution is -0.105. The molecule has 0 saturated carbocycles. The van der Waals surface area contributed by atoms with Crippen LogP contribution in [0.25, 0.3) is 16.8 Å². The van der Waals surface area contributed by atoms with Crippen molar-refractivity contribution >= 4 is 16.8 Å². The molecule has 0 aliphatic rings. The van der Waals surface area contributed by atoms with Crippen LogP contribution in [0.15, 0.2) is 43.0 Å². The highest BCUT2D eigenvalue weighted by molar-refractivity contribution is 5.88. The molecule has 0 spiro atoms. The van der Waals surface area contributed by atoms with Crippen LogP contribution >= 0.6 is 0 Å². The van der Waals surface area contributed by atoms with Gasteiger partial charge in [-0.2, -0.15) is 0 Å². The molecule has 0 bridgehead atoms. The molecule has 2 aromatic carbocycles. The summed E-state index contributed by atoms with van der Waals surface area (Å²) in [6.45, 7) is 3.84. The third-order valence-electron chi connectivity index (χ3n) is 2.89. The van der Waals surface area contributed by atoms with E-state index in [4.69, 9.17) is 9.47 Å². The number of methoxy groups -OCH3 is 2. The van der Waals surface area contributed by atoms with Gasteiger partial charge in [-0.3, -0.25) is 0 Å². The molecular weight excluding hydrogens is 212 g/mol. The number of hydrogen-bond acceptors (Lipinski definition) is 2. The largest absolute Gasteiger partial charge is 0.352 e. The first kappa shape index (κ1) is 11.8. The highest BCUT2D eigenvalue weighted by atomic mass is 16.7. The second kappa shape index (κ2) is 5.13. The van der Waals surface area contributed by atoms with Gasteiger partial charge >= 0.3 is 0 Å². The number of fused-ring (bicyclic) bond motifs is 1. The first-order chi connectivity index (χ1) is 8.31. The van der Waals surface area contributed by atoms with Crippen LogP contribution in [0.1, 0.15) is 17.4 Å². The summed E-state index contributed by atoms with van der Waals surface area (Å²) in [5.74, 6) is 0. The molecule has 2 rings (SSSR count). The molecule has 0 aromatic heterocycles. The quantitative estimate of drug-likeness (QED) is 0.741. The smallest absolute Gasteiger partial charge is 0.184 e. The van der Waals surface area contributed by atoms with E-state index < -0.39 is 0 Å². The van der Waals surface area contributed by atoms with Gasteiger partial charge in [0.1, 0.15) is 0 Å². The molecular formula is C15H16O2. The summed E-state index contributed by atoms with van der Waals surface area (Å²) >= 11 is 0. The van der Waals surface area contributed by atoms with E-state index in [-0.39, 0.29) is 6.29 Å². The molecule has 0 aliphatic carbocycles. The molecule has 2 aromatic rings. The topological polar surface area (TPSA) is 18.5 Å². The zero-order valence-electron chi connectivity index (χ0n) is 10.1. The maximum Gasteiger partial charge on any atom is 0.184 e. The lowest BCUT2D eigenvalue weighted by Crippen LogP contribution is -2.06. The van der Waals surface area contributed by atoms with Gasteiger partial charge in [0.25, 0.3) is 0 Å². The van der Waals surface area contributed by atoms with E-state index in [1.165, 1.54) is 5.39 Å². The predicted molar refractivity (Wildman–Crippen MR) is 70.8 cm³/mol. The van der Waals surface area contributed by atoms with E-state index >= 15 is 0 Å². The van der Waals surface area contributed by atoms with Gasteiger partial charge in [0.15, 0.2) is 6.29 Å². The van der Waals surface area contributed by atoms with Crippen molar-refractivity contribution in [3.05, 3.63) is 54.1 Å². The normalized spacial score (nSPS) is 11.0. The SMILES string of the molecule is C=Cc1ccc2ccccc2c1C(OC)OC. The molecule has 2 heteroatoms. The molecule has 0 N–H and O–H groups in total. The molecule has 0 fully saturated rings. The Labute approximate surface area is 101 Å². The average molecular weight is 228 g/mol. The minimum Gasteiger partial charge on any atom is -0.352 e. The van der Waals surface area contributed by atoms with Gasteiger partial charge < -0.3 is 9.47 Å². The van der Waals surface area contributed by atoms with Crippen LogP contribution in [0.2, 0.25) is 0 Å². The van der Waals surface area contributed by atoms with Crippen LogP contribution in [0.4, 0.5) is 0 Å². The van der Waals surface area contributed by atoms with E-state index in [2.05, 4.69) is 24.8 Å². The number of rotatable bonds is 4. The van der Waals surface area contributed by atoms with Gasteiger partial charge in [-0.15, -0.1) is 0 Å². The standard InChI is InChI=1S/C15H16O2/c1-4-11-9-10-12-7-5-6-8-13(12)14(11)15(16-2)17-3/h4-10,15H,1H2,2-3H3. The van der Waals surface area contributed by atoms with E-state index in [1.807, 2.05) is 24.3 Å². The summed E-state index contributed by atoms with van der Waals surface area (Å²) in [6, 6.07) is 12.3. The summed E-state index contributed by atoms with van der Waals surface area (Å²) < 4.78 is 10.7. The Morgan fingerprint density at radius 3 is 2.41 bits per heavy atom. The van der Waals surface area contributed by atoms with Gasteiger partial charge in [0, 0.05) is 19.8 Å². The van der Waals surface area contributed by atoms with Crippen LogP contribution in [-0.4, -0.2) is 14.2 Å². The van der Waals surface area contributed by atoms with Gasteiger partial charge in [0.05, 0.1) is 0 Å². The van der Waals surface area contributed by atoms with Crippen LogP contribution < -0.4 is 0 Å². The second-order valence-corrected chi connectivity index (χ2v) is 3.80. The maximum atomic E-state index is 5.37. The third kappa shape index (κ3) is 2.09. The van der Waals surface area contributed by atoms with Crippen molar-refractivity contribution in [2.45, 2.75) is 6.29 Å². The lowest BCUT2D eigenvalue weighted by Gasteiger charge is -2.18. The molecule has 0 heterocycles. The monoisotopic (exact) mass is 228 g/mol. The van der Waals surface area contributed by atoms with Crippen molar-refractivity contribution in [1.82, 2.24) is 0 Å². The fourth-order valence-corrected chi connectivity index (χ4v) is 2.09. The van der Waals surface area contributed by atoms with Crippen molar-refractivity contribution in [1.29, 1.82) is 0 Å². The Morgan fingerprint density at radius 1 is 1.06 bits per heavy atom. The number of hydrogen-bond donors (Lipinski definition) is 0. The Bertz CT molecular complexity index is 527. The first-order valence-electron chi connectivity index (χ1n) is 5.51. The first-order valence-corrected chi connectivity index (χ1v) is 5.51. The van der Waals surface area contributed by atoms with Crippen molar-refractivity contribution in [2.24, 2.45) is 0 Å². The van der Waals surface area contributed by atoms with E-state index in [0.29, 0.717) is 0 Å². The minimum absolute atomic E-state index is 0.367. The lowest BCUT2D eigenvalue weighted by atomic mass is 9.98. The zero-order valence-corrected chi connectivity index (χ0v) is 10.1. The Balaban J connectivity index is 2.74. The van der Waals surface area contributed by atoms with Crippen LogP contribution in [0, 0.1) is 0 Å². The highest BCUT2D eigenvalue weighted by Crippen LogP contribution is 2.30. The molecule has 0 atom stereocenters. The fraction of sp³-hybridized carbons (Fsp3) is 0.200. The van der Waals surface area contributed by atoms with Crippen molar-refractivity contribution in [3.63, 3.8) is 0 Å². The molecule has 88 valence electrons. The van der Waals surface area contributed by atoms with Crippen LogP contribution in [0.3, 0.4) is 0 Å². The van der Waals surface area contributed by atoms with Gasteiger partial charge in [-0.25, -0.2) is 0 Å². The Kier molecular flexibility index (Phi) is 3.57. The van der Waals surface area contributed by atoms with Crippen molar-refractivity contribution < 1.29 is 9.47 Å². The summed E-state index contributed by atoms with van der Waals surface area (Å²) in [6.07, 6.45) is 1.46. The highest BCUT2D eigenvalue weighted by Gasteiger charge is 2.15. The number of ether oxygens (including phenoxy) is 2. The van der Waals surface area contributed by atoms with Crippen LogP contribution in [0.5, 0.6) is 0 Å². The van der Waals surface area contributed by atoms with E-state index in [9.17, 15) is 0 Å². The van der Waals surface area contributed by atoms with Crippen molar-refractivity contribution in [2.75, 3.05) is 14.2 Å². The van der Waals surface area contributed by atoms with Gasteiger partial charge in [-0.1, -0.05) is 49.1 Å². The summed E-state index contributed by atoms with van der Waals surface area (Å²) in [4.78, 5) is 0. The molecule has 0 amide bonds. The molecule has 0 aliphatic heterocycles. The summed E-state index contributed by atoms with van der Waals surface area (Å²) in [7, 11) is 3.28. The minimum atomic E-state index is -0.367.